The Morgan fingerprint density at radius 2 is 2.10 bits per heavy atom. The van der Waals surface area contributed by atoms with Crippen LogP contribution in [0.15, 0.2) is 18.2 Å². The molecule has 1 N–H and O–H groups in total. The lowest BCUT2D eigenvalue weighted by atomic mass is 9.77. The molecule has 0 heterocycles. The van der Waals surface area contributed by atoms with Crippen LogP contribution in [0.5, 0.6) is 5.75 Å². The molecule has 0 radical (unpaired) electrons. The van der Waals surface area contributed by atoms with Gasteiger partial charge in [0, 0.05) is 0 Å². The van der Waals surface area contributed by atoms with E-state index in [1.807, 2.05) is 13.8 Å². The van der Waals surface area contributed by atoms with Gasteiger partial charge < -0.3 is 9.84 Å². The van der Waals surface area contributed by atoms with Crippen LogP contribution in [0.25, 0.3) is 0 Å². The lowest BCUT2D eigenvalue weighted by Crippen LogP contribution is -2.17. The number of esters is 1. The van der Waals surface area contributed by atoms with E-state index >= 15 is 0 Å². The molecule has 0 saturated heterocycles. The lowest BCUT2D eigenvalue weighted by Gasteiger charge is -2.28. The summed E-state index contributed by atoms with van der Waals surface area (Å²) in [5.41, 5.74) is 1.57. The van der Waals surface area contributed by atoms with E-state index in [-0.39, 0.29) is 23.2 Å². The van der Waals surface area contributed by atoms with E-state index in [9.17, 15) is 9.90 Å². The molecule has 20 heavy (non-hydrogen) atoms. The second kappa shape index (κ2) is 5.47. The van der Waals surface area contributed by atoms with Crippen LogP contribution in [-0.4, -0.2) is 17.2 Å². The predicted molar refractivity (Wildman–Crippen MR) is 79.0 cm³/mol. The van der Waals surface area contributed by atoms with Crippen molar-refractivity contribution in [3.05, 3.63) is 29.3 Å². The summed E-state index contributed by atoms with van der Waals surface area (Å²) in [7, 11) is 0. The zero-order valence-corrected chi connectivity index (χ0v) is 12.8. The van der Waals surface area contributed by atoms with Crippen molar-refractivity contribution in [2.24, 2.45) is 5.41 Å². The van der Waals surface area contributed by atoms with Gasteiger partial charge in [-0.05, 0) is 61.8 Å². The third kappa shape index (κ3) is 2.97. The molecule has 1 aromatic rings. The maximum Gasteiger partial charge on any atom is 0.338 e. The van der Waals surface area contributed by atoms with E-state index in [0.29, 0.717) is 11.5 Å². The van der Waals surface area contributed by atoms with Crippen molar-refractivity contribution in [1.29, 1.82) is 0 Å². The number of rotatable bonds is 3. The summed E-state index contributed by atoms with van der Waals surface area (Å²) in [5, 5.41) is 10.1. The van der Waals surface area contributed by atoms with E-state index in [2.05, 4.69) is 13.8 Å². The summed E-state index contributed by atoms with van der Waals surface area (Å²) in [4.78, 5) is 12.0. The van der Waals surface area contributed by atoms with Gasteiger partial charge in [-0.25, -0.2) is 4.79 Å². The van der Waals surface area contributed by atoms with E-state index in [0.717, 1.165) is 24.8 Å². The second-order valence-corrected chi connectivity index (χ2v) is 6.66. The highest BCUT2D eigenvalue weighted by Gasteiger charge is 2.37. The highest BCUT2D eigenvalue weighted by molar-refractivity contribution is 5.90. The quantitative estimate of drug-likeness (QED) is 0.839. The molecule has 1 aromatic carbocycles. The Kier molecular flexibility index (Phi) is 4.07. The van der Waals surface area contributed by atoms with E-state index in [1.165, 1.54) is 0 Å². The van der Waals surface area contributed by atoms with Crippen molar-refractivity contribution < 1.29 is 14.6 Å². The zero-order chi connectivity index (χ0) is 14.9. The standard InChI is InChI=1S/C17H24O3/c1-11(2)20-16(19)12-7-8-15(18)13(10-12)14-6-5-9-17(14,3)4/h7-8,10-11,14,18H,5-6,9H2,1-4H3/t14-/m0/s1. The van der Waals surface area contributed by atoms with Gasteiger partial charge in [-0.3, -0.25) is 0 Å². The molecule has 2 rings (SSSR count). The molecule has 0 aliphatic heterocycles. The topological polar surface area (TPSA) is 46.5 Å². The second-order valence-electron chi connectivity index (χ2n) is 6.66. The van der Waals surface area contributed by atoms with Crippen LogP contribution in [0.4, 0.5) is 0 Å². The fraction of sp³-hybridized carbons (Fsp3) is 0.588. The number of hydrogen-bond donors (Lipinski definition) is 1. The molecular weight excluding hydrogens is 252 g/mol. The first-order valence-corrected chi connectivity index (χ1v) is 7.35. The highest BCUT2D eigenvalue weighted by atomic mass is 16.5. The predicted octanol–water partition coefficient (Wildman–Crippen LogP) is 4.25. The Hall–Kier alpha value is -1.51. The van der Waals surface area contributed by atoms with Crippen molar-refractivity contribution in [2.75, 3.05) is 0 Å². The number of phenols is 1. The first-order chi connectivity index (χ1) is 9.31. The monoisotopic (exact) mass is 276 g/mol. The Morgan fingerprint density at radius 3 is 2.65 bits per heavy atom. The lowest BCUT2D eigenvalue weighted by molar-refractivity contribution is 0.0377. The molecule has 1 aliphatic rings. The van der Waals surface area contributed by atoms with Crippen LogP contribution >= 0.6 is 0 Å². The SMILES string of the molecule is CC(C)OC(=O)c1ccc(O)c([C@@H]2CCCC2(C)C)c1. The molecule has 1 atom stereocenters. The van der Waals surface area contributed by atoms with Crippen LogP contribution in [0, 0.1) is 5.41 Å². The Labute approximate surface area is 121 Å². The third-order valence-corrected chi connectivity index (χ3v) is 4.24. The fourth-order valence-corrected chi connectivity index (χ4v) is 3.15. The Balaban J connectivity index is 2.32. The summed E-state index contributed by atoms with van der Waals surface area (Å²) >= 11 is 0. The summed E-state index contributed by atoms with van der Waals surface area (Å²) in [6.07, 6.45) is 3.24. The Bertz CT molecular complexity index is 503. The molecule has 0 amide bonds. The van der Waals surface area contributed by atoms with Gasteiger partial charge in [-0.1, -0.05) is 20.3 Å². The minimum Gasteiger partial charge on any atom is -0.508 e. The molecule has 3 nitrogen and oxygen atoms in total. The van der Waals surface area contributed by atoms with Crippen molar-refractivity contribution in [3.63, 3.8) is 0 Å². The maximum atomic E-state index is 12.0. The van der Waals surface area contributed by atoms with Gasteiger partial charge in [0.05, 0.1) is 11.7 Å². The molecule has 1 saturated carbocycles. The number of aromatic hydroxyl groups is 1. The smallest absolute Gasteiger partial charge is 0.338 e. The van der Waals surface area contributed by atoms with Gasteiger partial charge in [-0.2, -0.15) is 0 Å². The van der Waals surface area contributed by atoms with Crippen molar-refractivity contribution in [2.45, 2.75) is 59.0 Å². The normalized spacial score (nSPS) is 21.1. The number of ether oxygens (including phenoxy) is 1. The van der Waals surface area contributed by atoms with Gasteiger partial charge in [0.1, 0.15) is 5.75 Å². The molecular formula is C17H24O3. The molecule has 3 heteroatoms. The van der Waals surface area contributed by atoms with Crippen LogP contribution in [0.3, 0.4) is 0 Å². The van der Waals surface area contributed by atoms with Crippen LogP contribution in [0.1, 0.15) is 68.8 Å². The molecule has 0 bridgehead atoms. The number of carbonyl (C=O) groups excluding carboxylic acids is 1. The van der Waals surface area contributed by atoms with Gasteiger partial charge in [-0.15, -0.1) is 0 Å². The van der Waals surface area contributed by atoms with E-state index < -0.39 is 0 Å². The number of carbonyl (C=O) groups is 1. The van der Waals surface area contributed by atoms with Gasteiger partial charge in [0.25, 0.3) is 0 Å². The first-order valence-electron chi connectivity index (χ1n) is 7.35. The number of benzene rings is 1. The van der Waals surface area contributed by atoms with Crippen molar-refractivity contribution in [3.8, 4) is 5.75 Å². The molecule has 0 aromatic heterocycles. The first kappa shape index (κ1) is 14.9. The minimum absolute atomic E-state index is 0.136. The largest absolute Gasteiger partial charge is 0.508 e. The van der Waals surface area contributed by atoms with E-state index in [1.54, 1.807) is 18.2 Å². The summed E-state index contributed by atoms with van der Waals surface area (Å²) in [6, 6.07) is 5.05. The average molecular weight is 276 g/mol. The molecule has 0 unspecified atom stereocenters. The average Bonchev–Trinajstić information content (AvgIpc) is 2.68. The van der Waals surface area contributed by atoms with Crippen molar-refractivity contribution >= 4 is 5.97 Å². The highest BCUT2D eigenvalue weighted by Crippen LogP contribution is 2.50. The van der Waals surface area contributed by atoms with Crippen LogP contribution in [0.2, 0.25) is 0 Å². The van der Waals surface area contributed by atoms with Crippen LogP contribution < -0.4 is 0 Å². The molecule has 110 valence electrons. The summed E-state index contributed by atoms with van der Waals surface area (Å²) in [5.74, 6) is 0.262. The zero-order valence-electron chi connectivity index (χ0n) is 12.8. The molecule has 0 spiro atoms. The Morgan fingerprint density at radius 1 is 1.40 bits per heavy atom. The maximum absolute atomic E-state index is 12.0. The van der Waals surface area contributed by atoms with Gasteiger partial charge in [0.2, 0.25) is 0 Å². The number of phenolic OH excluding ortho intramolecular Hbond substituents is 1. The van der Waals surface area contributed by atoms with Crippen molar-refractivity contribution in [1.82, 2.24) is 0 Å². The molecule has 1 aliphatic carbocycles. The van der Waals surface area contributed by atoms with Gasteiger partial charge in [0.15, 0.2) is 0 Å². The third-order valence-electron chi connectivity index (χ3n) is 4.24. The fourth-order valence-electron chi connectivity index (χ4n) is 3.15. The summed E-state index contributed by atoms with van der Waals surface area (Å²) in [6.45, 7) is 8.12. The summed E-state index contributed by atoms with van der Waals surface area (Å²) < 4.78 is 5.23. The van der Waals surface area contributed by atoms with Crippen LogP contribution in [-0.2, 0) is 4.74 Å². The van der Waals surface area contributed by atoms with E-state index in [4.69, 9.17) is 4.74 Å². The minimum atomic E-state index is -0.322. The van der Waals surface area contributed by atoms with Gasteiger partial charge >= 0.3 is 5.97 Å². The molecule has 1 fully saturated rings. The number of hydrogen-bond acceptors (Lipinski definition) is 3.